The maximum atomic E-state index is 10.7. The van der Waals surface area contributed by atoms with E-state index in [9.17, 15) is 9.82 Å². The number of fused-ring (bicyclic) bond motifs is 1. The molecule has 72 valence electrons. The van der Waals surface area contributed by atoms with E-state index in [0.29, 0.717) is 11.0 Å². The molecular formula is C8H6BClO4. The predicted octanol–water partition coefficient (Wildman–Crippen LogP) is 0.256. The molecule has 0 saturated heterocycles. The van der Waals surface area contributed by atoms with Crippen molar-refractivity contribution >= 4 is 30.2 Å². The minimum atomic E-state index is -1.05. The normalized spacial score (nSPS) is 14.3. The lowest BCUT2D eigenvalue weighted by atomic mass is 9.79. The summed E-state index contributed by atoms with van der Waals surface area (Å²) in [7, 11) is -1.04. The number of aromatic carboxylic acids is 1. The van der Waals surface area contributed by atoms with E-state index < -0.39 is 13.1 Å². The zero-order valence-corrected chi connectivity index (χ0v) is 7.78. The lowest BCUT2D eigenvalue weighted by molar-refractivity contribution is 0.0697. The van der Waals surface area contributed by atoms with Crippen molar-refractivity contribution in [3.8, 4) is 0 Å². The van der Waals surface area contributed by atoms with Crippen LogP contribution in [0, 0.1) is 0 Å². The zero-order valence-electron chi connectivity index (χ0n) is 7.03. The van der Waals surface area contributed by atoms with Gasteiger partial charge < -0.3 is 14.8 Å². The van der Waals surface area contributed by atoms with Crippen molar-refractivity contribution < 1.29 is 19.6 Å². The Morgan fingerprint density at radius 3 is 2.93 bits per heavy atom. The van der Waals surface area contributed by atoms with Gasteiger partial charge in [-0.2, -0.15) is 0 Å². The smallest absolute Gasteiger partial charge is 0.478 e. The van der Waals surface area contributed by atoms with Gasteiger partial charge >= 0.3 is 13.1 Å². The molecule has 0 atom stereocenters. The fourth-order valence-corrected chi connectivity index (χ4v) is 1.78. The molecule has 6 heteroatoms. The van der Waals surface area contributed by atoms with Crippen LogP contribution in [-0.2, 0) is 11.3 Å². The van der Waals surface area contributed by atoms with Gasteiger partial charge in [-0.3, -0.25) is 0 Å². The largest absolute Gasteiger partial charge is 0.493 e. The lowest BCUT2D eigenvalue weighted by Gasteiger charge is -2.03. The van der Waals surface area contributed by atoms with Crippen molar-refractivity contribution in [1.29, 1.82) is 0 Å². The van der Waals surface area contributed by atoms with Crippen LogP contribution in [0.25, 0.3) is 0 Å². The summed E-state index contributed by atoms with van der Waals surface area (Å²) in [5.41, 5.74) is 1.20. The molecule has 2 N–H and O–H groups in total. The Morgan fingerprint density at radius 1 is 1.57 bits per heavy atom. The van der Waals surface area contributed by atoms with E-state index in [1.165, 1.54) is 12.1 Å². The first-order valence-electron chi connectivity index (χ1n) is 3.95. The number of halogens is 1. The van der Waals surface area contributed by atoms with Gasteiger partial charge in [0.1, 0.15) is 0 Å². The van der Waals surface area contributed by atoms with Gasteiger partial charge in [-0.25, -0.2) is 4.79 Å². The number of hydrogen-bond donors (Lipinski definition) is 2. The maximum Gasteiger partial charge on any atom is 0.493 e. The van der Waals surface area contributed by atoms with Crippen molar-refractivity contribution in [3.63, 3.8) is 0 Å². The summed E-state index contributed by atoms with van der Waals surface area (Å²) in [5, 5.41) is 18.3. The van der Waals surface area contributed by atoms with Crippen LogP contribution in [0.4, 0.5) is 0 Å². The van der Waals surface area contributed by atoms with Crippen LogP contribution < -0.4 is 5.46 Å². The Bertz CT molecular complexity index is 407. The van der Waals surface area contributed by atoms with E-state index in [4.69, 9.17) is 21.4 Å². The number of carbonyl (C=O) groups is 1. The second kappa shape index (κ2) is 3.27. The third-order valence-electron chi connectivity index (χ3n) is 2.11. The van der Waals surface area contributed by atoms with Gasteiger partial charge in [0, 0.05) is 10.5 Å². The number of carboxylic acid groups (broad SMARTS) is 1. The molecule has 1 aliphatic rings. The monoisotopic (exact) mass is 212 g/mol. The highest BCUT2D eigenvalue weighted by molar-refractivity contribution is 6.65. The third-order valence-corrected chi connectivity index (χ3v) is 2.42. The molecule has 0 bridgehead atoms. The Labute approximate surface area is 85.2 Å². The van der Waals surface area contributed by atoms with E-state index in [-0.39, 0.29) is 17.2 Å². The molecule has 0 radical (unpaired) electrons. The average molecular weight is 212 g/mol. The second-order valence-electron chi connectivity index (χ2n) is 3.00. The van der Waals surface area contributed by atoms with E-state index in [2.05, 4.69) is 0 Å². The quantitative estimate of drug-likeness (QED) is 0.655. The van der Waals surface area contributed by atoms with Gasteiger partial charge in [0.05, 0.1) is 12.2 Å². The Balaban J connectivity index is 2.57. The molecule has 2 rings (SSSR count). The second-order valence-corrected chi connectivity index (χ2v) is 3.41. The molecule has 1 heterocycles. The molecule has 14 heavy (non-hydrogen) atoms. The minimum Gasteiger partial charge on any atom is -0.478 e. The van der Waals surface area contributed by atoms with Crippen LogP contribution in [0.2, 0.25) is 5.02 Å². The highest BCUT2D eigenvalue weighted by Crippen LogP contribution is 2.19. The van der Waals surface area contributed by atoms with Gasteiger partial charge in [-0.05, 0) is 17.7 Å². The van der Waals surface area contributed by atoms with Crippen LogP contribution in [0.5, 0.6) is 0 Å². The number of benzene rings is 1. The molecule has 4 nitrogen and oxygen atoms in total. The molecule has 0 saturated carbocycles. The van der Waals surface area contributed by atoms with E-state index in [0.717, 1.165) is 0 Å². The van der Waals surface area contributed by atoms with Crippen LogP contribution in [0.15, 0.2) is 12.1 Å². The van der Waals surface area contributed by atoms with E-state index in [1.807, 2.05) is 0 Å². The number of carboxylic acids is 1. The molecule has 0 amide bonds. The summed E-state index contributed by atoms with van der Waals surface area (Å²) in [6.07, 6.45) is 0. The van der Waals surface area contributed by atoms with E-state index >= 15 is 0 Å². The molecule has 1 aromatic rings. The maximum absolute atomic E-state index is 10.7. The molecule has 0 aliphatic carbocycles. The van der Waals surface area contributed by atoms with Gasteiger partial charge in [0.15, 0.2) is 0 Å². The Morgan fingerprint density at radius 2 is 2.29 bits per heavy atom. The zero-order chi connectivity index (χ0) is 10.3. The summed E-state index contributed by atoms with van der Waals surface area (Å²) < 4.78 is 4.92. The van der Waals surface area contributed by atoms with Crippen LogP contribution in [0.1, 0.15) is 15.9 Å². The first kappa shape index (κ1) is 9.52. The summed E-state index contributed by atoms with van der Waals surface area (Å²) in [5.74, 6) is -1.05. The topological polar surface area (TPSA) is 66.8 Å². The first-order valence-corrected chi connectivity index (χ1v) is 4.32. The molecule has 0 fully saturated rings. The van der Waals surface area contributed by atoms with Crippen molar-refractivity contribution in [1.82, 2.24) is 0 Å². The first-order chi connectivity index (χ1) is 6.59. The molecular weight excluding hydrogens is 206 g/mol. The van der Waals surface area contributed by atoms with Gasteiger partial charge in [0.25, 0.3) is 0 Å². The van der Waals surface area contributed by atoms with Crippen molar-refractivity contribution in [2.24, 2.45) is 0 Å². The fourth-order valence-electron chi connectivity index (χ4n) is 1.45. The third kappa shape index (κ3) is 1.39. The lowest BCUT2D eigenvalue weighted by Crippen LogP contribution is -2.29. The standard InChI is InChI=1S/C8H6BClO4/c10-6-2-4(8(11)12)1-5-3-14-9(13)7(5)6/h1-2,13H,3H2,(H,11,12). The van der Waals surface area contributed by atoms with Crippen molar-refractivity contribution in [3.05, 3.63) is 28.3 Å². The highest BCUT2D eigenvalue weighted by atomic mass is 35.5. The molecule has 0 aromatic heterocycles. The number of hydrogen-bond acceptors (Lipinski definition) is 3. The number of rotatable bonds is 1. The Hall–Kier alpha value is -1.04. The van der Waals surface area contributed by atoms with Gasteiger partial charge in [0.2, 0.25) is 0 Å². The fraction of sp³-hybridized carbons (Fsp3) is 0.125. The van der Waals surface area contributed by atoms with Crippen LogP contribution >= 0.6 is 11.6 Å². The minimum absolute atomic E-state index is 0.103. The SMILES string of the molecule is O=C(O)c1cc(Cl)c2c(c1)COB2O. The van der Waals surface area contributed by atoms with Crippen molar-refractivity contribution in [2.75, 3.05) is 0 Å². The predicted molar refractivity (Wildman–Crippen MR) is 50.8 cm³/mol. The van der Waals surface area contributed by atoms with Crippen LogP contribution in [-0.4, -0.2) is 23.2 Å². The van der Waals surface area contributed by atoms with Gasteiger partial charge in [-0.1, -0.05) is 11.6 Å². The Kier molecular flexibility index (Phi) is 2.22. The molecule has 1 aromatic carbocycles. The van der Waals surface area contributed by atoms with Gasteiger partial charge in [-0.15, -0.1) is 0 Å². The summed E-state index contributed by atoms with van der Waals surface area (Å²) in [6, 6.07) is 2.76. The molecule has 1 aliphatic heterocycles. The summed E-state index contributed by atoms with van der Waals surface area (Å²) in [4.78, 5) is 10.7. The molecule has 0 unspecified atom stereocenters. The van der Waals surface area contributed by atoms with Crippen molar-refractivity contribution in [2.45, 2.75) is 6.61 Å². The van der Waals surface area contributed by atoms with E-state index in [1.54, 1.807) is 0 Å². The van der Waals surface area contributed by atoms with Crippen LogP contribution in [0.3, 0.4) is 0 Å². The summed E-state index contributed by atoms with van der Waals surface area (Å²) >= 11 is 5.81. The molecule has 0 spiro atoms. The highest BCUT2D eigenvalue weighted by Gasteiger charge is 2.30. The average Bonchev–Trinajstić information content (AvgIpc) is 2.48. The summed E-state index contributed by atoms with van der Waals surface area (Å²) in [6.45, 7) is 0.192.